The molecule has 6 aromatic rings. The number of benzene rings is 3. The zero-order valence-electron chi connectivity index (χ0n) is 30.1. The van der Waals surface area contributed by atoms with Crippen LogP contribution in [0.25, 0.3) is 32.9 Å². The number of fused-ring (bicyclic) bond motifs is 4. The lowest BCUT2D eigenvalue weighted by Crippen LogP contribution is -2.43. The zero-order valence-corrected chi connectivity index (χ0v) is 31.6. The highest BCUT2D eigenvalue weighted by Gasteiger charge is 2.38. The number of aromatic nitrogens is 4. The molecule has 12 heteroatoms. The number of methoxy groups -OCH3 is 1. The molecule has 0 spiro atoms. The van der Waals surface area contributed by atoms with Gasteiger partial charge in [-0.25, -0.2) is 14.8 Å². The lowest BCUT2D eigenvalue weighted by Gasteiger charge is -2.35. The number of carbonyl (C=O) groups excluding carboxylic acids is 1. The van der Waals surface area contributed by atoms with Crippen LogP contribution in [0.3, 0.4) is 0 Å². The Morgan fingerprint density at radius 1 is 0.962 bits per heavy atom. The number of anilines is 1. The van der Waals surface area contributed by atoms with E-state index in [0.29, 0.717) is 59.0 Å². The van der Waals surface area contributed by atoms with Crippen molar-refractivity contribution in [1.29, 1.82) is 0 Å². The lowest BCUT2D eigenvalue weighted by molar-refractivity contribution is 0.0687. The van der Waals surface area contributed by atoms with Crippen molar-refractivity contribution in [3.63, 3.8) is 0 Å². The minimum absolute atomic E-state index is 0.109. The molecule has 52 heavy (non-hydrogen) atoms. The summed E-state index contributed by atoms with van der Waals surface area (Å²) in [6.45, 7) is 10.6. The number of carboxylic acid groups (broad SMARTS) is 1. The molecule has 0 bridgehead atoms. The topological polar surface area (TPSA) is 112 Å². The predicted octanol–water partition coefficient (Wildman–Crippen LogP) is 9.07. The van der Waals surface area contributed by atoms with Crippen molar-refractivity contribution < 1.29 is 24.2 Å². The Bertz CT molecular complexity index is 2410. The van der Waals surface area contributed by atoms with Gasteiger partial charge in [-0.2, -0.15) is 0 Å². The highest BCUT2D eigenvalue weighted by molar-refractivity contribution is 6.35. The maximum Gasteiger partial charge on any atom is 0.352 e. The Labute approximate surface area is 311 Å². The van der Waals surface area contributed by atoms with Gasteiger partial charge in [0.1, 0.15) is 29.2 Å². The molecular weight excluding hydrogens is 701 g/mol. The highest BCUT2D eigenvalue weighted by Crippen LogP contribution is 2.46. The van der Waals surface area contributed by atoms with Crippen molar-refractivity contribution in [2.24, 2.45) is 7.05 Å². The quantitative estimate of drug-likeness (QED) is 0.147. The fourth-order valence-electron chi connectivity index (χ4n) is 7.74. The van der Waals surface area contributed by atoms with Crippen molar-refractivity contribution in [3.05, 3.63) is 98.3 Å². The lowest BCUT2D eigenvalue weighted by atomic mass is 9.97. The zero-order chi connectivity index (χ0) is 37.2. The summed E-state index contributed by atoms with van der Waals surface area (Å²) < 4.78 is 15.6. The van der Waals surface area contributed by atoms with Crippen molar-refractivity contribution in [1.82, 2.24) is 19.1 Å². The van der Waals surface area contributed by atoms with Gasteiger partial charge >= 0.3 is 5.97 Å². The molecule has 1 atom stereocenters. The van der Waals surface area contributed by atoms with Crippen LogP contribution < -0.4 is 14.4 Å². The number of rotatable bonds is 9. The van der Waals surface area contributed by atoms with Crippen LogP contribution >= 0.6 is 23.2 Å². The number of amides is 1. The Morgan fingerprint density at radius 2 is 1.65 bits per heavy atom. The van der Waals surface area contributed by atoms with Gasteiger partial charge < -0.3 is 28.6 Å². The molecule has 0 radical (unpaired) electrons. The second kappa shape index (κ2) is 13.5. The summed E-state index contributed by atoms with van der Waals surface area (Å²) in [4.78, 5) is 38.1. The van der Waals surface area contributed by atoms with Gasteiger partial charge in [0.05, 0.1) is 35.5 Å². The van der Waals surface area contributed by atoms with E-state index in [-0.39, 0.29) is 17.6 Å². The summed E-state index contributed by atoms with van der Waals surface area (Å²) in [6.07, 6.45) is 2.72. The van der Waals surface area contributed by atoms with Crippen LogP contribution in [0.2, 0.25) is 10.0 Å². The van der Waals surface area contributed by atoms with E-state index in [9.17, 15) is 9.90 Å². The molecule has 0 fully saturated rings. The molecule has 268 valence electrons. The first-order valence-electron chi connectivity index (χ1n) is 17.1. The Kier molecular flexibility index (Phi) is 9.17. The molecule has 1 aliphatic rings. The second-order valence-corrected chi connectivity index (χ2v) is 14.3. The van der Waals surface area contributed by atoms with Crippen LogP contribution in [0.4, 0.5) is 5.69 Å². The fourth-order valence-corrected chi connectivity index (χ4v) is 8.10. The van der Waals surface area contributed by atoms with E-state index < -0.39 is 5.97 Å². The van der Waals surface area contributed by atoms with E-state index in [0.717, 1.165) is 60.9 Å². The third-order valence-electron chi connectivity index (χ3n) is 10.1. The van der Waals surface area contributed by atoms with Crippen molar-refractivity contribution in [2.45, 2.75) is 53.5 Å². The Morgan fingerprint density at radius 3 is 2.31 bits per heavy atom. The minimum Gasteiger partial charge on any atom is -0.497 e. The van der Waals surface area contributed by atoms with Gasteiger partial charge in [0.15, 0.2) is 0 Å². The van der Waals surface area contributed by atoms with Crippen LogP contribution in [0.15, 0.2) is 48.8 Å². The largest absolute Gasteiger partial charge is 0.497 e. The second-order valence-electron chi connectivity index (χ2n) is 13.5. The Hall–Kier alpha value is -5.06. The molecule has 3 aromatic carbocycles. The summed E-state index contributed by atoms with van der Waals surface area (Å²) in [6, 6.07) is 12.7. The first kappa shape index (κ1) is 35.3. The van der Waals surface area contributed by atoms with Crippen LogP contribution in [0, 0.1) is 27.7 Å². The van der Waals surface area contributed by atoms with Gasteiger partial charge in [0.2, 0.25) is 0 Å². The SMILES string of the molecule is COc1cc(N2CC(C)n3c(c(CCCOc4cc(C)c(Cl)c(C)c4)c4ccc(Cl)c(-c5c(C)ncnc5C)c43)C2=O)c2c(c1)cc(C(=O)O)n2C. The number of ether oxygens (including phenoxy) is 2. The monoisotopic (exact) mass is 739 g/mol. The first-order chi connectivity index (χ1) is 24.8. The molecule has 1 N–H and O–H groups in total. The number of aryl methyl sites for hydroxylation is 6. The maximum atomic E-state index is 15.1. The molecule has 0 saturated heterocycles. The predicted molar refractivity (Wildman–Crippen MR) is 205 cm³/mol. The number of aromatic carboxylic acids is 1. The molecule has 1 aliphatic heterocycles. The van der Waals surface area contributed by atoms with E-state index in [4.69, 9.17) is 32.7 Å². The van der Waals surface area contributed by atoms with E-state index in [1.54, 1.807) is 48.2 Å². The maximum absolute atomic E-state index is 15.1. The molecule has 3 aromatic heterocycles. The number of nitrogens with zero attached hydrogens (tertiary/aromatic N) is 5. The smallest absolute Gasteiger partial charge is 0.352 e. The molecule has 0 aliphatic carbocycles. The molecule has 1 unspecified atom stereocenters. The van der Waals surface area contributed by atoms with Crippen molar-refractivity contribution in [2.75, 3.05) is 25.2 Å². The molecule has 7 rings (SSSR count). The average molecular weight is 741 g/mol. The van der Waals surface area contributed by atoms with Crippen molar-refractivity contribution >= 4 is 62.6 Å². The molecule has 10 nitrogen and oxygen atoms in total. The highest BCUT2D eigenvalue weighted by atomic mass is 35.5. The first-order valence-corrected chi connectivity index (χ1v) is 17.8. The number of carbonyl (C=O) groups is 2. The normalized spacial score (nSPS) is 14.4. The number of hydrogen-bond acceptors (Lipinski definition) is 6. The van der Waals surface area contributed by atoms with Gasteiger partial charge in [-0.1, -0.05) is 29.3 Å². The van der Waals surface area contributed by atoms with Crippen LogP contribution in [-0.2, 0) is 13.5 Å². The molecule has 1 amide bonds. The van der Waals surface area contributed by atoms with Gasteiger partial charge in [0.25, 0.3) is 5.91 Å². The molecule has 0 saturated carbocycles. The standard InChI is InChI=1S/C40H39Cl2N5O5/c1-20-13-27(14-21(2)35(20)42)52-12-8-9-28-29-10-11-30(41)34(33-23(4)43-19-44-24(33)5)37(29)47-22(3)18-46(39(48)38(28)47)31-17-26(51-7)15-25-16-32(40(49)50)45(6)36(25)31/h10-11,13-17,19,22H,8-9,12,18H2,1-7H3,(H,49,50). The van der Waals surface area contributed by atoms with E-state index in [1.165, 1.54) is 0 Å². The van der Waals surface area contributed by atoms with Crippen LogP contribution in [0.1, 0.15) is 68.4 Å². The van der Waals surface area contributed by atoms with Gasteiger partial charge in [-0.05, 0) is 94.5 Å². The van der Waals surface area contributed by atoms with Gasteiger partial charge in [-0.15, -0.1) is 0 Å². The summed E-state index contributed by atoms with van der Waals surface area (Å²) in [7, 11) is 3.26. The van der Waals surface area contributed by atoms with Crippen molar-refractivity contribution in [3.8, 4) is 22.6 Å². The average Bonchev–Trinajstić information content (AvgIpc) is 3.62. The number of hydrogen-bond donors (Lipinski definition) is 1. The molecular formula is C40H39Cl2N5O5. The Balaban J connectivity index is 1.40. The van der Waals surface area contributed by atoms with E-state index in [1.807, 2.05) is 52.0 Å². The number of carboxylic acids is 1. The van der Waals surface area contributed by atoms with Gasteiger partial charge in [0, 0.05) is 64.0 Å². The van der Waals surface area contributed by atoms with Crippen LogP contribution in [-0.4, -0.2) is 56.3 Å². The number of halogens is 2. The fraction of sp³-hybridized carbons (Fsp3) is 0.300. The third-order valence-corrected chi connectivity index (χ3v) is 11.0. The third kappa shape index (κ3) is 5.74. The van der Waals surface area contributed by atoms with Gasteiger partial charge in [-0.3, -0.25) is 4.79 Å². The van der Waals surface area contributed by atoms with E-state index in [2.05, 4.69) is 21.5 Å². The summed E-state index contributed by atoms with van der Waals surface area (Å²) in [5.41, 5.74) is 8.68. The van der Waals surface area contributed by atoms with Crippen LogP contribution in [0.5, 0.6) is 11.5 Å². The summed E-state index contributed by atoms with van der Waals surface area (Å²) >= 11 is 13.5. The van der Waals surface area contributed by atoms with E-state index >= 15 is 4.79 Å². The minimum atomic E-state index is -1.06. The summed E-state index contributed by atoms with van der Waals surface area (Å²) in [5, 5.41) is 12.8. The summed E-state index contributed by atoms with van der Waals surface area (Å²) in [5.74, 6) is -0.00347. The molecule has 4 heterocycles.